The van der Waals surface area contributed by atoms with E-state index >= 15 is 0 Å². The quantitative estimate of drug-likeness (QED) is 0.729. The van der Waals surface area contributed by atoms with Crippen molar-refractivity contribution in [2.45, 2.75) is 12.8 Å². The van der Waals surface area contributed by atoms with Crippen LogP contribution in [0.25, 0.3) is 16.5 Å². The summed E-state index contributed by atoms with van der Waals surface area (Å²) in [6.45, 7) is 3.98. The Bertz CT molecular complexity index is 861. The van der Waals surface area contributed by atoms with Crippen molar-refractivity contribution in [2.24, 2.45) is 0 Å². The lowest BCUT2D eigenvalue weighted by molar-refractivity contribution is 0.327. The molecule has 0 spiro atoms. The van der Waals surface area contributed by atoms with Gasteiger partial charge in [0.2, 0.25) is 0 Å². The van der Waals surface area contributed by atoms with Crippen LogP contribution in [0.1, 0.15) is 18.5 Å². The number of allylic oxidation sites excluding steroid dienone is 4. The molecule has 1 aliphatic rings. The summed E-state index contributed by atoms with van der Waals surface area (Å²) in [7, 11) is 1.56. The predicted octanol–water partition coefficient (Wildman–Crippen LogP) is 4.80. The third-order valence-corrected chi connectivity index (χ3v) is 4.16. The van der Waals surface area contributed by atoms with Gasteiger partial charge in [0.15, 0.2) is 11.5 Å². The SMILES string of the molecule is C=CCOc1cc2c(C3=C(Cl)C(F)=CCC3)ncnc2cc1OC. The van der Waals surface area contributed by atoms with E-state index in [1.165, 1.54) is 12.4 Å². The summed E-state index contributed by atoms with van der Waals surface area (Å²) in [4.78, 5) is 8.60. The molecular formula is C18H16ClFN2O2. The van der Waals surface area contributed by atoms with E-state index in [4.69, 9.17) is 21.1 Å². The maximum absolute atomic E-state index is 13.8. The second kappa shape index (κ2) is 7.01. The molecule has 124 valence electrons. The Kier molecular flexibility index (Phi) is 4.81. The van der Waals surface area contributed by atoms with Gasteiger partial charge in [-0.2, -0.15) is 0 Å². The van der Waals surface area contributed by atoms with Gasteiger partial charge in [0.25, 0.3) is 0 Å². The van der Waals surface area contributed by atoms with Crippen LogP contribution >= 0.6 is 11.6 Å². The van der Waals surface area contributed by atoms with Crippen LogP contribution in [-0.4, -0.2) is 23.7 Å². The zero-order chi connectivity index (χ0) is 17.1. The number of nitrogens with zero attached hydrogens (tertiary/aromatic N) is 2. The van der Waals surface area contributed by atoms with Gasteiger partial charge >= 0.3 is 0 Å². The number of hydrogen-bond acceptors (Lipinski definition) is 4. The summed E-state index contributed by atoms with van der Waals surface area (Å²) in [6.07, 6.45) is 5.77. The number of hydrogen-bond donors (Lipinski definition) is 0. The molecule has 0 amide bonds. The minimum Gasteiger partial charge on any atom is -0.493 e. The average Bonchev–Trinajstić information content (AvgIpc) is 2.61. The van der Waals surface area contributed by atoms with Crippen LogP contribution in [0.2, 0.25) is 0 Å². The highest BCUT2D eigenvalue weighted by Crippen LogP contribution is 2.39. The summed E-state index contributed by atoms with van der Waals surface area (Å²) in [5, 5.41) is 0.839. The second-order valence-electron chi connectivity index (χ2n) is 5.23. The average molecular weight is 347 g/mol. The first-order valence-corrected chi connectivity index (χ1v) is 7.85. The van der Waals surface area contributed by atoms with Crippen molar-refractivity contribution in [2.75, 3.05) is 13.7 Å². The lowest BCUT2D eigenvalue weighted by Gasteiger charge is -2.16. The number of halogens is 2. The van der Waals surface area contributed by atoms with Gasteiger partial charge in [-0.15, -0.1) is 0 Å². The van der Waals surface area contributed by atoms with E-state index in [-0.39, 0.29) is 5.03 Å². The molecule has 1 aromatic heterocycles. The number of fused-ring (bicyclic) bond motifs is 1. The first-order valence-electron chi connectivity index (χ1n) is 7.47. The van der Waals surface area contributed by atoms with Crippen LogP contribution in [0.5, 0.6) is 11.5 Å². The summed E-state index contributed by atoms with van der Waals surface area (Å²) >= 11 is 6.16. The number of rotatable bonds is 5. The minimum absolute atomic E-state index is 0.102. The van der Waals surface area contributed by atoms with Gasteiger partial charge in [0.05, 0.1) is 23.4 Å². The largest absolute Gasteiger partial charge is 0.493 e. The molecule has 0 aliphatic heterocycles. The molecule has 6 heteroatoms. The van der Waals surface area contributed by atoms with Crippen molar-refractivity contribution in [3.63, 3.8) is 0 Å². The zero-order valence-electron chi connectivity index (χ0n) is 13.2. The van der Waals surface area contributed by atoms with Crippen molar-refractivity contribution in [3.05, 3.63) is 53.7 Å². The van der Waals surface area contributed by atoms with Crippen molar-refractivity contribution < 1.29 is 13.9 Å². The minimum atomic E-state index is -0.415. The Labute approximate surface area is 144 Å². The standard InChI is InChI=1S/C18H16ClFN2O2/c1-3-7-24-16-8-12-14(9-15(16)23-2)21-10-22-18(12)11-5-4-6-13(20)17(11)19/h3,6,8-10H,1,4-5,7H2,2H3. The van der Waals surface area contributed by atoms with Crippen molar-refractivity contribution in [1.82, 2.24) is 9.97 Å². The first kappa shape index (κ1) is 16.5. The maximum Gasteiger partial charge on any atom is 0.162 e. The maximum atomic E-state index is 13.8. The van der Waals surface area contributed by atoms with Crippen LogP contribution in [0.15, 0.2) is 48.1 Å². The Hall–Kier alpha value is -2.40. The van der Waals surface area contributed by atoms with E-state index < -0.39 is 5.83 Å². The van der Waals surface area contributed by atoms with E-state index in [2.05, 4.69) is 16.5 Å². The Balaban J connectivity index is 2.21. The Morgan fingerprint density at radius 2 is 2.17 bits per heavy atom. The zero-order valence-corrected chi connectivity index (χ0v) is 13.9. The molecule has 0 saturated heterocycles. The van der Waals surface area contributed by atoms with Crippen LogP contribution in [0.4, 0.5) is 4.39 Å². The van der Waals surface area contributed by atoms with Gasteiger partial charge in [-0.1, -0.05) is 24.3 Å². The van der Waals surface area contributed by atoms with E-state index in [1.807, 2.05) is 0 Å². The molecule has 0 fully saturated rings. The van der Waals surface area contributed by atoms with Crippen molar-refractivity contribution >= 4 is 28.1 Å². The first-order chi connectivity index (χ1) is 11.7. The molecule has 0 atom stereocenters. The highest BCUT2D eigenvalue weighted by molar-refractivity contribution is 6.35. The van der Waals surface area contributed by atoms with Crippen LogP contribution in [-0.2, 0) is 0 Å². The fourth-order valence-electron chi connectivity index (χ4n) is 2.63. The molecule has 0 N–H and O–H groups in total. The molecule has 1 aliphatic carbocycles. The van der Waals surface area contributed by atoms with E-state index in [1.54, 1.807) is 25.3 Å². The summed E-state index contributed by atoms with van der Waals surface area (Å²) < 4.78 is 24.8. The second-order valence-corrected chi connectivity index (χ2v) is 5.60. The monoisotopic (exact) mass is 346 g/mol. The lowest BCUT2D eigenvalue weighted by atomic mass is 9.98. The summed E-state index contributed by atoms with van der Waals surface area (Å²) in [5.74, 6) is 0.689. The molecule has 24 heavy (non-hydrogen) atoms. The van der Waals surface area contributed by atoms with E-state index in [9.17, 15) is 4.39 Å². The highest BCUT2D eigenvalue weighted by Gasteiger charge is 2.20. The summed E-state index contributed by atoms with van der Waals surface area (Å²) in [5.41, 5.74) is 1.96. The number of ether oxygens (including phenoxy) is 2. The smallest absolute Gasteiger partial charge is 0.162 e. The lowest BCUT2D eigenvalue weighted by Crippen LogP contribution is -2.01. The highest BCUT2D eigenvalue weighted by atomic mass is 35.5. The van der Waals surface area contributed by atoms with Crippen molar-refractivity contribution in [3.8, 4) is 11.5 Å². The topological polar surface area (TPSA) is 44.2 Å². The Morgan fingerprint density at radius 1 is 1.33 bits per heavy atom. The third-order valence-electron chi connectivity index (χ3n) is 3.76. The number of methoxy groups -OCH3 is 1. The third kappa shape index (κ3) is 2.99. The van der Waals surface area contributed by atoms with E-state index in [0.29, 0.717) is 47.7 Å². The van der Waals surface area contributed by atoms with Gasteiger partial charge in [0.1, 0.15) is 18.8 Å². The normalized spacial score (nSPS) is 14.5. The molecule has 1 aromatic carbocycles. The molecule has 1 heterocycles. The summed E-state index contributed by atoms with van der Waals surface area (Å²) in [6, 6.07) is 3.56. The fraction of sp³-hybridized carbons (Fsp3) is 0.222. The molecule has 0 unspecified atom stereocenters. The van der Waals surface area contributed by atoms with Gasteiger partial charge in [-0.25, -0.2) is 14.4 Å². The molecule has 4 nitrogen and oxygen atoms in total. The van der Waals surface area contributed by atoms with Crippen LogP contribution < -0.4 is 9.47 Å². The number of benzene rings is 1. The molecule has 0 saturated carbocycles. The van der Waals surface area contributed by atoms with Crippen LogP contribution in [0, 0.1) is 0 Å². The van der Waals surface area contributed by atoms with Crippen molar-refractivity contribution in [1.29, 1.82) is 0 Å². The molecule has 0 radical (unpaired) electrons. The number of aromatic nitrogens is 2. The molecule has 3 rings (SSSR count). The fourth-order valence-corrected chi connectivity index (χ4v) is 2.90. The van der Waals surface area contributed by atoms with Gasteiger partial charge in [0, 0.05) is 17.0 Å². The van der Waals surface area contributed by atoms with Gasteiger partial charge in [-0.3, -0.25) is 0 Å². The van der Waals surface area contributed by atoms with Gasteiger partial charge < -0.3 is 9.47 Å². The Morgan fingerprint density at radius 3 is 2.92 bits per heavy atom. The molecular weight excluding hydrogens is 331 g/mol. The van der Waals surface area contributed by atoms with Crippen LogP contribution in [0.3, 0.4) is 0 Å². The molecule has 0 bridgehead atoms. The molecule has 2 aromatic rings. The van der Waals surface area contributed by atoms with Gasteiger partial charge in [-0.05, 0) is 25.0 Å². The predicted molar refractivity (Wildman–Crippen MR) is 93.0 cm³/mol. The van der Waals surface area contributed by atoms with E-state index in [0.717, 1.165) is 5.39 Å².